The molecule has 1 N–H and O–H groups in total. The molecule has 30 heavy (non-hydrogen) atoms. The van der Waals surface area contributed by atoms with Crippen LogP contribution in [-0.4, -0.2) is 62.4 Å². The molecule has 10 heteroatoms. The number of carboxylic acids is 1. The standard InChI is InChI=1S/C20H23FN4O4S/c1-29-20(28)19(15-4-2-3-5-16(15)21)24-8-6-17(30)13(11-24)10-14-12-25(23-22-14)9-7-18(26)27/h2-5,10,12,17,19,30H,6-9,11H2,1H3,(H,26,27). The summed E-state index contributed by atoms with van der Waals surface area (Å²) < 4.78 is 20.8. The van der Waals surface area contributed by atoms with Crippen molar-refractivity contribution in [3.63, 3.8) is 0 Å². The van der Waals surface area contributed by atoms with Crippen LogP contribution in [0, 0.1) is 5.82 Å². The number of thiol groups is 1. The molecule has 0 amide bonds. The lowest BCUT2D eigenvalue weighted by molar-refractivity contribution is -0.147. The topological polar surface area (TPSA) is 97.5 Å². The van der Waals surface area contributed by atoms with Crippen molar-refractivity contribution in [2.45, 2.75) is 30.7 Å². The van der Waals surface area contributed by atoms with Crippen molar-refractivity contribution in [1.82, 2.24) is 19.9 Å². The third kappa shape index (κ3) is 5.25. The van der Waals surface area contributed by atoms with Gasteiger partial charge in [0.15, 0.2) is 0 Å². The smallest absolute Gasteiger partial charge is 0.327 e. The molecule has 1 aromatic heterocycles. The second-order valence-corrected chi connectivity index (χ2v) is 7.61. The van der Waals surface area contributed by atoms with Crippen LogP contribution in [0.15, 0.2) is 36.0 Å². The van der Waals surface area contributed by atoms with Crippen LogP contribution in [0.2, 0.25) is 0 Å². The van der Waals surface area contributed by atoms with Gasteiger partial charge in [0.25, 0.3) is 0 Å². The second kappa shape index (κ2) is 9.86. The Labute approximate surface area is 178 Å². The monoisotopic (exact) mass is 434 g/mol. The van der Waals surface area contributed by atoms with Gasteiger partial charge in [-0.2, -0.15) is 12.6 Å². The number of rotatable bonds is 7. The molecule has 2 unspecified atom stereocenters. The molecule has 1 aliphatic rings. The average Bonchev–Trinajstić information content (AvgIpc) is 3.17. The summed E-state index contributed by atoms with van der Waals surface area (Å²) in [5, 5.41) is 16.7. The normalized spacial score (nSPS) is 19.6. The largest absolute Gasteiger partial charge is 0.481 e. The molecule has 8 nitrogen and oxygen atoms in total. The van der Waals surface area contributed by atoms with E-state index >= 15 is 0 Å². The second-order valence-electron chi connectivity index (χ2n) is 6.99. The van der Waals surface area contributed by atoms with E-state index in [0.717, 1.165) is 5.57 Å². The minimum atomic E-state index is -0.911. The quantitative estimate of drug-likeness (QED) is 0.509. The number of methoxy groups -OCH3 is 1. The average molecular weight is 434 g/mol. The predicted molar refractivity (Wildman–Crippen MR) is 110 cm³/mol. The molecule has 0 bridgehead atoms. The Morgan fingerprint density at radius 2 is 2.20 bits per heavy atom. The number of nitrogens with zero attached hydrogens (tertiary/aromatic N) is 4. The van der Waals surface area contributed by atoms with Crippen molar-refractivity contribution in [1.29, 1.82) is 0 Å². The summed E-state index contributed by atoms with van der Waals surface area (Å²) >= 11 is 4.64. The number of aromatic nitrogens is 3. The lowest BCUT2D eigenvalue weighted by Gasteiger charge is -2.36. The van der Waals surface area contributed by atoms with Crippen molar-refractivity contribution in [3.05, 3.63) is 53.1 Å². The van der Waals surface area contributed by atoms with Crippen molar-refractivity contribution < 1.29 is 23.8 Å². The van der Waals surface area contributed by atoms with Crippen LogP contribution in [0.1, 0.15) is 30.1 Å². The van der Waals surface area contributed by atoms with Gasteiger partial charge < -0.3 is 9.84 Å². The minimum Gasteiger partial charge on any atom is -0.481 e. The fourth-order valence-electron chi connectivity index (χ4n) is 3.42. The molecule has 1 saturated heterocycles. The van der Waals surface area contributed by atoms with Gasteiger partial charge in [0.05, 0.1) is 26.3 Å². The van der Waals surface area contributed by atoms with E-state index in [-0.39, 0.29) is 23.8 Å². The number of aryl methyl sites for hydroxylation is 1. The van der Waals surface area contributed by atoms with Crippen LogP contribution in [0.3, 0.4) is 0 Å². The van der Waals surface area contributed by atoms with Gasteiger partial charge in [-0.1, -0.05) is 23.4 Å². The van der Waals surface area contributed by atoms with E-state index in [2.05, 4.69) is 22.9 Å². The summed E-state index contributed by atoms with van der Waals surface area (Å²) in [6.45, 7) is 1.15. The maximum Gasteiger partial charge on any atom is 0.327 e. The molecule has 0 radical (unpaired) electrons. The van der Waals surface area contributed by atoms with E-state index in [1.807, 2.05) is 11.0 Å². The van der Waals surface area contributed by atoms with Crippen molar-refractivity contribution in [2.75, 3.05) is 20.2 Å². The van der Waals surface area contributed by atoms with E-state index in [1.54, 1.807) is 24.4 Å². The number of carboxylic acid groups (broad SMARTS) is 1. The van der Waals surface area contributed by atoms with Crippen LogP contribution < -0.4 is 0 Å². The Bertz CT molecular complexity index is 948. The Balaban J connectivity index is 1.83. The van der Waals surface area contributed by atoms with Gasteiger partial charge in [-0.25, -0.2) is 9.18 Å². The molecule has 2 heterocycles. The number of carbonyl (C=O) groups is 2. The number of halogens is 1. The number of esters is 1. The van der Waals surface area contributed by atoms with Crippen LogP contribution in [0.5, 0.6) is 0 Å². The van der Waals surface area contributed by atoms with E-state index in [4.69, 9.17) is 9.84 Å². The predicted octanol–water partition coefficient (Wildman–Crippen LogP) is 2.19. The number of benzene rings is 1. The molecule has 1 aromatic carbocycles. The molecule has 1 aliphatic heterocycles. The number of likely N-dealkylation sites (tertiary alicyclic amines) is 1. The molecule has 0 spiro atoms. The number of piperidine rings is 1. The number of carbonyl (C=O) groups excluding carboxylic acids is 1. The lowest BCUT2D eigenvalue weighted by atomic mass is 9.97. The number of hydrogen-bond acceptors (Lipinski definition) is 7. The third-order valence-electron chi connectivity index (χ3n) is 4.94. The van der Waals surface area contributed by atoms with E-state index in [0.29, 0.717) is 25.2 Å². The van der Waals surface area contributed by atoms with Gasteiger partial charge in [-0.3, -0.25) is 14.4 Å². The molecule has 0 aliphatic carbocycles. The SMILES string of the molecule is COC(=O)C(c1ccccc1F)N1CCC(S)C(=Cc2cn(CCC(=O)O)nn2)C1. The van der Waals surface area contributed by atoms with E-state index < -0.39 is 23.8 Å². The Kier molecular flexibility index (Phi) is 7.22. The third-order valence-corrected chi connectivity index (χ3v) is 5.53. The van der Waals surface area contributed by atoms with Gasteiger partial charge >= 0.3 is 11.9 Å². The minimum absolute atomic E-state index is 0.0498. The first kappa shape index (κ1) is 22.0. The number of aliphatic carboxylic acids is 1. The van der Waals surface area contributed by atoms with Crippen LogP contribution in [0.4, 0.5) is 4.39 Å². The van der Waals surface area contributed by atoms with Crippen LogP contribution in [0.25, 0.3) is 6.08 Å². The fraction of sp³-hybridized carbons (Fsp3) is 0.400. The van der Waals surface area contributed by atoms with E-state index in [1.165, 1.54) is 17.9 Å². The van der Waals surface area contributed by atoms with Gasteiger partial charge in [0, 0.05) is 23.9 Å². The first-order valence-electron chi connectivity index (χ1n) is 9.45. The number of hydrogen-bond donors (Lipinski definition) is 2. The highest BCUT2D eigenvalue weighted by Gasteiger charge is 2.34. The first-order chi connectivity index (χ1) is 14.4. The zero-order chi connectivity index (χ0) is 21.7. The maximum absolute atomic E-state index is 14.4. The number of ether oxygens (including phenoxy) is 1. The van der Waals surface area contributed by atoms with Gasteiger partial charge in [-0.05, 0) is 24.1 Å². The summed E-state index contributed by atoms with van der Waals surface area (Å²) in [7, 11) is 1.29. The zero-order valence-corrected chi connectivity index (χ0v) is 17.3. The highest BCUT2D eigenvalue weighted by molar-refractivity contribution is 7.81. The fourth-order valence-corrected chi connectivity index (χ4v) is 3.70. The summed E-state index contributed by atoms with van der Waals surface area (Å²) in [5.41, 5.74) is 1.73. The molecule has 2 aromatic rings. The highest BCUT2D eigenvalue weighted by Crippen LogP contribution is 2.31. The molecule has 0 saturated carbocycles. The van der Waals surface area contributed by atoms with Crippen molar-refractivity contribution in [3.8, 4) is 0 Å². The highest BCUT2D eigenvalue weighted by atomic mass is 32.1. The molecule has 1 fully saturated rings. The zero-order valence-electron chi connectivity index (χ0n) is 16.4. The Morgan fingerprint density at radius 3 is 2.90 bits per heavy atom. The lowest BCUT2D eigenvalue weighted by Crippen LogP contribution is -2.42. The molecule has 160 valence electrons. The Morgan fingerprint density at radius 1 is 1.43 bits per heavy atom. The van der Waals surface area contributed by atoms with Crippen LogP contribution in [-0.2, 0) is 20.9 Å². The van der Waals surface area contributed by atoms with Gasteiger partial charge in [0.1, 0.15) is 17.6 Å². The maximum atomic E-state index is 14.4. The molecule has 3 rings (SSSR count). The summed E-state index contributed by atoms with van der Waals surface area (Å²) in [6.07, 6.45) is 4.09. The van der Waals surface area contributed by atoms with Crippen LogP contribution >= 0.6 is 12.6 Å². The van der Waals surface area contributed by atoms with Gasteiger partial charge in [0.2, 0.25) is 0 Å². The Hall–Kier alpha value is -2.72. The van der Waals surface area contributed by atoms with Gasteiger partial charge in [-0.15, -0.1) is 5.10 Å². The first-order valence-corrected chi connectivity index (χ1v) is 9.97. The van der Waals surface area contributed by atoms with Crippen molar-refractivity contribution in [2.24, 2.45) is 0 Å². The van der Waals surface area contributed by atoms with Crippen molar-refractivity contribution >= 4 is 30.6 Å². The summed E-state index contributed by atoms with van der Waals surface area (Å²) in [6, 6.07) is 5.30. The van der Waals surface area contributed by atoms with E-state index in [9.17, 15) is 14.0 Å². The summed E-state index contributed by atoms with van der Waals surface area (Å²) in [4.78, 5) is 25.1. The molecule has 2 atom stereocenters. The molecular formula is C20H23FN4O4S. The summed E-state index contributed by atoms with van der Waals surface area (Å²) in [5.74, 6) is -1.91. The molecular weight excluding hydrogens is 411 g/mol.